The number of unbranched alkanes of at least 4 members (excludes halogenated alkanes) is 2. The molecule has 19 N–H and O–H groups in total. The van der Waals surface area contributed by atoms with Crippen LogP contribution in [0.5, 0.6) is 0 Å². The maximum Gasteiger partial charge on any atom is 0.305 e. The molecule has 0 aliphatic carbocycles. The number of esters is 1. The number of aliphatic hydroxyl groups is 19. The molecule has 6 heterocycles. The van der Waals surface area contributed by atoms with Crippen LogP contribution < -0.4 is 0 Å². The summed E-state index contributed by atoms with van der Waals surface area (Å²) in [7, 11) is 1.25. The third kappa shape index (κ3) is 14.1. The van der Waals surface area contributed by atoms with Gasteiger partial charge in [-0.2, -0.15) is 0 Å². The lowest BCUT2D eigenvalue weighted by molar-refractivity contribution is -0.398. The second kappa shape index (κ2) is 28.8. The first-order chi connectivity index (χ1) is 36.2. The van der Waals surface area contributed by atoms with Crippen molar-refractivity contribution in [2.45, 2.75) is 210 Å². The van der Waals surface area contributed by atoms with Crippen molar-refractivity contribution in [3.05, 3.63) is 0 Å². The third-order valence-corrected chi connectivity index (χ3v) is 13.9. The Morgan fingerprint density at radius 2 is 0.592 bits per heavy atom. The number of carbonyl (C=O) groups is 1. The maximum atomic E-state index is 11.7. The van der Waals surface area contributed by atoms with Crippen LogP contribution in [0.3, 0.4) is 0 Å². The Bertz CT molecular complexity index is 1730. The molecule has 30 atom stereocenters. The van der Waals surface area contributed by atoms with Crippen molar-refractivity contribution in [3.63, 3.8) is 0 Å². The molecular formula is C43H74O33. The number of ether oxygens (including phenoxy) is 13. The van der Waals surface area contributed by atoms with E-state index in [1.54, 1.807) is 0 Å². The first-order valence-electron chi connectivity index (χ1n) is 24.6. The van der Waals surface area contributed by atoms with Crippen LogP contribution in [0.25, 0.3) is 0 Å². The monoisotopic (exact) mass is 1120 g/mol. The molecule has 0 bridgehead atoms. The molecule has 0 spiro atoms. The molecule has 0 unspecified atom stereocenters. The average molecular weight is 1120 g/mol. The van der Waals surface area contributed by atoms with Crippen molar-refractivity contribution in [3.8, 4) is 0 Å². The summed E-state index contributed by atoms with van der Waals surface area (Å²) < 4.78 is 72.1. The lowest BCUT2D eigenvalue weighted by atomic mass is 9.95. The minimum atomic E-state index is -2.27. The molecule has 6 rings (SSSR count). The van der Waals surface area contributed by atoms with Crippen LogP contribution in [0.2, 0.25) is 0 Å². The summed E-state index contributed by atoms with van der Waals surface area (Å²) in [6.07, 6.45) is -56.4. The van der Waals surface area contributed by atoms with Gasteiger partial charge in [-0.3, -0.25) is 4.79 Å². The predicted octanol–water partition coefficient (Wildman–Crippen LogP) is -12.3. The summed E-state index contributed by atoms with van der Waals surface area (Å²) in [5.74, 6) is -0.410. The Kier molecular flexibility index (Phi) is 24.0. The molecule has 0 amide bonds. The molecule has 33 nitrogen and oxygen atoms in total. The van der Waals surface area contributed by atoms with Gasteiger partial charge in [0.15, 0.2) is 37.7 Å². The zero-order valence-corrected chi connectivity index (χ0v) is 40.8. The number of aliphatic hydroxyl groups excluding tert-OH is 19. The topological polar surface area (TPSA) is 521 Å². The van der Waals surface area contributed by atoms with Gasteiger partial charge in [-0.1, -0.05) is 6.42 Å². The first kappa shape index (κ1) is 63.4. The van der Waals surface area contributed by atoms with Gasteiger partial charge in [-0.25, -0.2) is 0 Å². The van der Waals surface area contributed by atoms with Crippen LogP contribution in [0.15, 0.2) is 0 Å². The van der Waals surface area contributed by atoms with Crippen molar-refractivity contribution in [2.24, 2.45) is 0 Å². The zero-order valence-electron chi connectivity index (χ0n) is 40.8. The van der Waals surface area contributed by atoms with Gasteiger partial charge in [-0.05, 0) is 12.8 Å². The number of methoxy groups -OCH3 is 1. The summed E-state index contributed by atoms with van der Waals surface area (Å²) in [4.78, 5) is 11.4. The highest BCUT2D eigenvalue weighted by Crippen LogP contribution is 2.37. The van der Waals surface area contributed by atoms with E-state index < -0.39 is 230 Å². The maximum absolute atomic E-state index is 11.7. The van der Waals surface area contributed by atoms with Crippen LogP contribution in [-0.4, -0.2) is 341 Å². The largest absolute Gasteiger partial charge is 0.469 e. The molecule has 0 aromatic carbocycles. The van der Waals surface area contributed by atoms with Crippen molar-refractivity contribution >= 4 is 5.97 Å². The van der Waals surface area contributed by atoms with Crippen molar-refractivity contribution < 1.29 is 163 Å². The molecule has 6 aliphatic rings. The minimum absolute atomic E-state index is 0.0317. The molecule has 0 radical (unpaired) electrons. The Balaban J connectivity index is 1.15. The van der Waals surface area contributed by atoms with Gasteiger partial charge in [0.1, 0.15) is 146 Å². The lowest BCUT2D eigenvalue weighted by Gasteiger charge is -2.50. The Morgan fingerprint density at radius 1 is 0.329 bits per heavy atom. The molecular weight excluding hydrogens is 1040 g/mol. The Morgan fingerprint density at radius 3 is 0.882 bits per heavy atom. The van der Waals surface area contributed by atoms with E-state index in [-0.39, 0.29) is 13.0 Å². The fourth-order valence-corrected chi connectivity index (χ4v) is 9.46. The van der Waals surface area contributed by atoms with Gasteiger partial charge in [0.25, 0.3) is 0 Å². The van der Waals surface area contributed by atoms with Gasteiger partial charge in [0.05, 0.1) is 46.8 Å². The molecule has 0 aromatic rings. The van der Waals surface area contributed by atoms with E-state index in [1.165, 1.54) is 7.11 Å². The van der Waals surface area contributed by atoms with Crippen LogP contribution in [0, 0.1) is 0 Å². The summed E-state index contributed by atoms with van der Waals surface area (Å²) in [6.45, 7) is -5.80. The highest BCUT2D eigenvalue weighted by Gasteiger charge is 2.58. The SMILES string of the molecule is COC(=O)CCCCCO[C@@H]1O[C@H](CO)[C@@H](O)[C@H](O[C@@H]2O[C@H](CO)[C@@H](O)[C@H](O[C@@H]3O[C@H](CO)[C@@H](O)[C@H](O[C@@H]4O[C@H](CO)[C@@H](O)[C@H](O[C@@H]5O[C@H](CO)[C@@H](O)[C@H](O[C@@H]6O[C@H](CO)[C@@H](O)[C@H](O)[C@H]6O)[C@H]5O)[C@H]4O)[C@H]3O)[C@H]2O)[C@H]1O. The van der Waals surface area contributed by atoms with Gasteiger partial charge in [0.2, 0.25) is 0 Å². The van der Waals surface area contributed by atoms with Gasteiger partial charge in [0, 0.05) is 13.0 Å². The summed E-state index contributed by atoms with van der Waals surface area (Å²) >= 11 is 0. The van der Waals surface area contributed by atoms with Crippen LogP contribution in [0.1, 0.15) is 25.7 Å². The van der Waals surface area contributed by atoms with Crippen LogP contribution >= 0.6 is 0 Å². The van der Waals surface area contributed by atoms with E-state index >= 15 is 0 Å². The summed E-state index contributed by atoms with van der Waals surface area (Å²) in [5, 5.41) is 205. The number of rotatable bonds is 23. The van der Waals surface area contributed by atoms with Crippen molar-refractivity contribution in [2.75, 3.05) is 53.4 Å². The van der Waals surface area contributed by atoms with E-state index in [4.69, 9.17) is 56.8 Å². The zero-order chi connectivity index (χ0) is 55.9. The molecule has 444 valence electrons. The normalized spacial score (nSPS) is 48.4. The Hall–Kier alpha value is -1.77. The van der Waals surface area contributed by atoms with Crippen molar-refractivity contribution in [1.82, 2.24) is 0 Å². The lowest BCUT2D eigenvalue weighted by Crippen LogP contribution is -2.68. The van der Waals surface area contributed by atoms with E-state index in [2.05, 4.69) is 4.74 Å². The predicted molar refractivity (Wildman–Crippen MR) is 233 cm³/mol. The third-order valence-electron chi connectivity index (χ3n) is 13.9. The van der Waals surface area contributed by atoms with Crippen LogP contribution in [-0.2, 0) is 66.4 Å². The minimum Gasteiger partial charge on any atom is -0.469 e. The van der Waals surface area contributed by atoms with Gasteiger partial charge < -0.3 is 159 Å². The first-order valence-corrected chi connectivity index (χ1v) is 24.6. The number of hydrogen-bond acceptors (Lipinski definition) is 33. The van der Waals surface area contributed by atoms with E-state index in [0.29, 0.717) is 19.3 Å². The molecule has 0 aromatic heterocycles. The summed E-state index contributed by atoms with van der Waals surface area (Å²) in [6, 6.07) is 0. The molecule has 6 aliphatic heterocycles. The van der Waals surface area contributed by atoms with E-state index in [9.17, 15) is 102 Å². The van der Waals surface area contributed by atoms with Crippen molar-refractivity contribution in [1.29, 1.82) is 0 Å². The summed E-state index contributed by atoms with van der Waals surface area (Å²) in [5.41, 5.74) is 0. The smallest absolute Gasteiger partial charge is 0.305 e. The van der Waals surface area contributed by atoms with Crippen LogP contribution in [0.4, 0.5) is 0 Å². The molecule has 0 saturated carbocycles. The number of hydrogen-bond donors (Lipinski definition) is 19. The van der Waals surface area contributed by atoms with E-state index in [1.807, 2.05) is 0 Å². The highest BCUT2D eigenvalue weighted by atomic mass is 16.8. The molecule has 33 heteroatoms. The quantitative estimate of drug-likeness (QED) is 0.0334. The molecule has 6 fully saturated rings. The van der Waals surface area contributed by atoms with Gasteiger partial charge >= 0.3 is 5.97 Å². The molecule has 6 saturated heterocycles. The highest BCUT2D eigenvalue weighted by molar-refractivity contribution is 5.68. The standard InChI is InChI=1S/C43H74O33/c1-64-19(50)5-3-2-4-6-65-38-28(59)33(21(52)14(8-45)66-38)73-40-30(61)35(23(54)16(10-47)68-40)75-42-32(63)37(25(56)18(12-49)70-42)76-43-31(62)36(24(55)17(11-48)71-43)74-41-29(60)34(22(53)15(9-46)69-41)72-39-27(58)26(57)20(51)13(7-44)67-39/h13-18,20-49,51-63H,2-12H2,1H3/t13-,14-,15-,16-,17-,18-,20-,21-,22-,23-,24-,25-,26+,27-,28-,29-,30-,31-,32-,33+,34+,35+,36+,37+,38-,39+,40+,41+,42+,43+/m1/s1. The second-order valence-electron chi connectivity index (χ2n) is 19.0. The molecule has 76 heavy (non-hydrogen) atoms. The number of carbonyl (C=O) groups excluding carboxylic acids is 1. The second-order valence-corrected chi connectivity index (χ2v) is 19.0. The van der Waals surface area contributed by atoms with E-state index in [0.717, 1.165) is 0 Å². The fraction of sp³-hybridized carbons (Fsp3) is 0.977. The van der Waals surface area contributed by atoms with Gasteiger partial charge in [-0.15, -0.1) is 0 Å². The Labute approximate surface area is 432 Å². The average Bonchev–Trinajstić information content (AvgIpc) is 3.41. The fourth-order valence-electron chi connectivity index (χ4n) is 9.46.